The Balaban J connectivity index is 2.15. The summed E-state index contributed by atoms with van der Waals surface area (Å²) in [6, 6.07) is 0. The van der Waals surface area contributed by atoms with E-state index in [4.69, 9.17) is 0 Å². The summed E-state index contributed by atoms with van der Waals surface area (Å²) < 4.78 is 0. The van der Waals surface area contributed by atoms with Crippen molar-refractivity contribution < 1.29 is 4.79 Å². The van der Waals surface area contributed by atoms with Crippen LogP contribution in [0.4, 0.5) is 0 Å². The molecule has 2 rings (SSSR count). The molecule has 0 saturated carbocycles. The number of fused-ring (bicyclic) bond motifs is 1. The quantitative estimate of drug-likeness (QED) is 0.718. The monoisotopic (exact) mass is 210 g/mol. The molecule has 1 unspecified atom stereocenters. The lowest BCUT2D eigenvalue weighted by Gasteiger charge is -2.10. The highest BCUT2D eigenvalue weighted by Gasteiger charge is 2.34. The summed E-state index contributed by atoms with van der Waals surface area (Å²) in [5.74, 6) is 0.499. The van der Waals surface area contributed by atoms with E-state index in [1.807, 2.05) is 0 Å². The van der Waals surface area contributed by atoms with Crippen LogP contribution in [0.15, 0.2) is 15.0 Å². The smallest absolute Gasteiger partial charge is 0.246 e. The second-order valence-corrected chi connectivity index (χ2v) is 3.97. The van der Waals surface area contributed by atoms with Gasteiger partial charge < -0.3 is 5.32 Å². The molecule has 0 spiro atoms. The van der Waals surface area contributed by atoms with Crippen molar-refractivity contribution in [2.45, 2.75) is 18.6 Å². The molecule has 14 heavy (non-hydrogen) atoms. The molecular formula is C8H10N4OS. The number of hydrogen-bond donors (Lipinski definition) is 1. The third kappa shape index (κ3) is 1.70. The molecule has 0 aromatic rings. The van der Waals surface area contributed by atoms with Crippen molar-refractivity contribution in [2.75, 3.05) is 6.54 Å². The molecule has 1 atom stereocenters. The van der Waals surface area contributed by atoms with Gasteiger partial charge in [-0.15, -0.1) is 0 Å². The molecule has 5 nitrogen and oxygen atoms in total. The van der Waals surface area contributed by atoms with Gasteiger partial charge in [-0.2, -0.15) is 0 Å². The number of carbonyl (C=O) groups excluding carboxylic acids is 1. The van der Waals surface area contributed by atoms with Crippen LogP contribution in [-0.4, -0.2) is 35.0 Å². The van der Waals surface area contributed by atoms with Crippen LogP contribution < -0.4 is 5.32 Å². The fourth-order valence-corrected chi connectivity index (χ4v) is 2.04. The molecule has 0 aromatic carbocycles. The number of rotatable bonds is 2. The maximum absolute atomic E-state index is 11.3. The molecule has 74 valence electrons. The molecule has 0 aliphatic carbocycles. The molecule has 0 fully saturated rings. The first kappa shape index (κ1) is 9.39. The van der Waals surface area contributed by atoms with Gasteiger partial charge in [0.2, 0.25) is 5.91 Å². The van der Waals surface area contributed by atoms with Crippen LogP contribution in [0.25, 0.3) is 0 Å². The zero-order valence-corrected chi connectivity index (χ0v) is 8.54. The molecule has 1 N–H and O–H groups in total. The molecule has 2 heterocycles. The Bertz CT molecular complexity index is 347. The van der Waals surface area contributed by atoms with Crippen LogP contribution in [0.1, 0.15) is 13.3 Å². The maximum Gasteiger partial charge on any atom is 0.246 e. The van der Waals surface area contributed by atoms with Crippen molar-refractivity contribution in [2.24, 2.45) is 15.0 Å². The first-order valence-corrected chi connectivity index (χ1v) is 5.32. The number of amidine groups is 2. The third-order valence-electron chi connectivity index (χ3n) is 1.78. The van der Waals surface area contributed by atoms with Gasteiger partial charge in [-0.1, -0.05) is 18.7 Å². The lowest BCUT2D eigenvalue weighted by atomic mass is 10.3. The lowest BCUT2D eigenvalue weighted by molar-refractivity contribution is -0.118. The largest absolute Gasteiger partial charge is 0.315 e. The molecule has 0 bridgehead atoms. The van der Waals surface area contributed by atoms with Crippen molar-refractivity contribution in [3.05, 3.63) is 0 Å². The number of nitrogens with one attached hydrogen (secondary N) is 1. The average Bonchev–Trinajstić information content (AvgIpc) is 2.59. The zero-order valence-electron chi connectivity index (χ0n) is 7.73. The van der Waals surface area contributed by atoms with Crippen molar-refractivity contribution >= 4 is 35.0 Å². The van der Waals surface area contributed by atoms with Gasteiger partial charge in [0.05, 0.1) is 6.34 Å². The molecule has 0 saturated heterocycles. The summed E-state index contributed by atoms with van der Waals surface area (Å²) in [7, 11) is 0. The number of carbonyl (C=O) groups is 1. The standard InChI is InChI=1S/C8H10N4OS/c1-2-3-9-8-12-6-5(14-8)7(13)11-4-10-6/h4-5H,2-3H2,1H3,(H,9,10,11,12,13). The minimum Gasteiger partial charge on any atom is -0.315 e. The van der Waals surface area contributed by atoms with E-state index in [1.165, 1.54) is 18.1 Å². The van der Waals surface area contributed by atoms with Gasteiger partial charge in [-0.3, -0.25) is 9.79 Å². The summed E-state index contributed by atoms with van der Waals surface area (Å²) in [4.78, 5) is 23.7. The number of thioether (sulfide) groups is 1. The SMILES string of the molecule is CCCN=C1N=C2N=CNC(=O)C2S1. The molecule has 2 aliphatic rings. The van der Waals surface area contributed by atoms with E-state index in [1.54, 1.807) is 0 Å². The Labute approximate surface area is 85.8 Å². The first-order chi connectivity index (χ1) is 6.81. The fourth-order valence-electron chi connectivity index (χ4n) is 1.13. The van der Waals surface area contributed by atoms with E-state index >= 15 is 0 Å². The molecular weight excluding hydrogens is 200 g/mol. The van der Waals surface area contributed by atoms with Crippen molar-refractivity contribution in [1.82, 2.24) is 5.32 Å². The van der Waals surface area contributed by atoms with Crippen LogP contribution in [0.5, 0.6) is 0 Å². The van der Waals surface area contributed by atoms with Gasteiger partial charge in [-0.25, -0.2) is 9.98 Å². The second kappa shape index (κ2) is 3.91. The summed E-state index contributed by atoms with van der Waals surface area (Å²) >= 11 is 1.36. The van der Waals surface area contributed by atoms with Crippen LogP contribution in [0, 0.1) is 0 Å². The summed E-state index contributed by atoms with van der Waals surface area (Å²) in [5, 5.41) is 2.91. The maximum atomic E-state index is 11.3. The normalized spacial score (nSPS) is 27.5. The van der Waals surface area contributed by atoms with E-state index < -0.39 is 0 Å². The first-order valence-electron chi connectivity index (χ1n) is 4.44. The van der Waals surface area contributed by atoms with Gasteiger partial charge in [0.15, 0.2) is 16.3 Å². The van der Waals surface area contributed by atoms with E-state index in [0.717, 1.165) is 13.0 Å². The molecule has 1 amide bonds. The predicted molar refractivity (Wildman–Crippen MR) is 58.0 cm³/mol. The average molecular weight is 210 g/mol. The van der Waals surface area contributed by atoms with Crippen molar-refractivity contribution in [3.63, 3.8) is 0 Å². The Kier molecular flexibility index (Phi) is 2.62. The zero-order chi connectivity index (χ0) is 9.97. The summed E-state index contributed by atoms with van der Waals surface area (Å²) in [5.41, 5.74) is 0. The Morgan fingerprint density at radius 3 is 3.29 bits per heavy atom. The molecule has 0 radical (unpaired) electrons. The highest BCUT2D eigenvalue weighted by molar-refractivity contribution is 8.16. The number of aliphatic imine (C=N–C) groups is 3. The summed E-state index contributed by atoms with van der Waals surface area (Å²) in [6.07, 6.45) is 2.36. The van der Waals surface area contributed by atoms with Crippen LogP contribution in [0.3, 0.4) is 0 Å². The van der Waals surface area contributed by atoms with Gasteiger partial charge in [-0.05, 0) is 6.42 Å². The molecule has 6 heteroatoms. The van der Waals surface area contributed by atoms with Crippen LogP contribution in [-0.2, 0) is 4.79 Å². The number of nitrogens with zero attached hydrogens (tertiary/aromatic N) is 3. The molecule has 2 aliphatic heterocycles. The highest BCUT2D eigenvalue weighted by atomic mass is 32.2. The van der Waals surface area contributed by atoms with E-state index in [0.29, 0.717) is 11.0 Å². The topological polar surface area (TPSA) is 66.2 Å². The number of amides is 1. The van der Waals surface area contributed by atoms with Crippen LogP contribution >= 0.6 is 11.8 Å². The van der Waals surface area contributed by atoms with E-state index in [9.17, 15) is 4.79 Å². The van der Waals surface area contributed by atoms with Crippen molar-refractivity contribution in [3.8, 4) is 0 Å². The van der Waals surface area contributed by atoms with Crippen LogP contribution in [0.2, 0.25) is 0 Å². The van der Waals surface area contributed by atoms with E-state index in [-0.39, 0.29) is 11.2 Å². The fraction of sp³-hybridized carbons (Fsp3) is 0.500. The van der Waals surface area contributed by atoms with E-state index in [2.05, 4.69) is 27.2 Å². The Morgan fingerprint density at radius 2 is 2.57 bits per heavy atom. The molecule has 0 aromatic heterocycles. The minimum absolute atomic E-state index is 0.0644. The highest BCUT2D eigenvalue weighted by Crippen LogP contribution is 2.25. The third-order valence-corrected chi connectivity index (χ3v) is 2.87. The summed E-state index contributed by atoms with van der Waals surface area (Å²) in [6.45, 7) is 2.80. The Hall–Kier alpha value is -1.17. The van der Waals surface area contributed by atoms with Gasteiger partial charge in [0, 0.05) is 6.54 Å². The van der Waals surface area contributed by atoms with Gasteiger partial charge >= 0.3 is 0 Å². The van der Waals surface area contributed by atoms with Crippen molar-refractivity contribution in [1.29, 1.82) is 0 Å². The Morgan fingerprint density at radius 1 is 1.71 bits per heavy atom. The van der Waals surface area contributed by atoms with Gasteiger partial charge in [0.1, 0.15) is 0 Å². The minimum atomic E-state index is -0.296. The number of hydrogen-bond acceptors (Lipinski definition) is 4. The van der Waals surface area contributed by atoms with Gasteiger partial charge in [0.25, 0.3) is 0 Å². The predicted octanol–water partition coefficient (Wildman–Crippen LogP) is 0.424. The lowest BCUT2D eigenvalue weighted by Crippen LogP contribution is -2.39. The second-order valence-electron chi connectivity index (χ2n) is 2.90.